The third-order valence-corrected chi connectivity index (χ3v) is 10.9. The van der Waals surface area contributed by atoms with Gasteiger partial charge in [0.2, 0.25) is 21.1 Å². The number of rotatable bonds is 4. The second-order valence-electron chi connectivity index (χ2n) is 5.38. The van der Waals surface area contributed by atoms with Gasteiger partial charge in [0.25, 0.3) is 0 Å². The van der Waals surface area contributed by atoms with Crippen LogP contribution in [0.3, 0.4) is 0 Å². The van der Waals surface area contributed by atoms with Gasteiger partial charge in [0.15, 0.2) is 0 Å². The Hall–Kier alpha value is -0.220. The van der Waals surface area contributed by atoms with Crippen LogP contribution in [0.4, 0.5) is 0 Å². The van der Waals surface area contributed by atoms with Crippen molar-refractivity contribution in [1.82, 2.24) is 0 Å². The standard InChI is InChI=1S/C16H15Br3O4S2/c1-3-12-5-8-13(9-6-12)24(20,21)14-7-4-11(2)15(10-14)25(22,23)16(17,18)19/h4-10H,3H2,1-2H3. The fourth-order valence-electron chi connectivity index (χ4n) is 2.20. The molecule has 0 unspecified atom stereocenters. The van der Waals surface area contributed by atoms with Gasteiger partial charge in [0, 0.05) is 0 Å². The van der Waals surface area contributed by atoms with Crippen LogP contribution in [0.15, 0.2) is 57.2 Å². The van der Waals surface area contributed by atoms with Crippen LogP contribution in [0.2, 0.25) is 0 Å². The van der Waals surface area contributed by atoms with Gasteiger partial charge in [-0.3, -0.25) is 0 Å². The van der Waals surface area contributed by atoms with Gasteiger partial charge in [0.1, 0.15) is 0 Å². The Morgan fingerprint density at radius 3 is 1.88 bits per heavy atom. The summed E-state index contributed by atoms with van der Waals surface area (Å²) < 4.78 is 49.4. The minimum Gasteiger partial charge on any atom is -0.220 e. The predicted molar refractivity (Wildman–Crippen MR) is 109 cm³/mol. The molecule has 2 aromatic carbocycles. The summed E-state index contributed by atoms with van der Waals surface area (Å²) in [6.45, 7) is 3.59. The van der Waals surface area contributed by atoms with Crippen molar-refractivity contribution in [2.75, 3.05) is 0 Å². The Kier molecular flexibility index (Phi) is 6.26. The number of aryl methyl sites for hydroxylation is 2. The molecule has 0 aliphatic rings. The van der Waals surface area contributed by atoms with Crippen LogP contribution in [0.1, 0.15) is 18.1 Å². The van der Waals surface area contributed by atoms with Crippen LogP contribution in [0.5, 0.6) is 0 Å². The number of sulfone groups is 2. The molecule has 0 aromatic heterocycles. The molecule has 136 valence electrons. The minimum absolute atomic E-state index is 0.0716. The van der Waals surface area contributed by atoms with Crippen molar-refractivity contribution in [2.24, 2.45) is 0 Å². The lowest BCUT2D eigenvalue weighted by Crippen LogP contribution is -2.19. The van der Waals surface area contributed by atoms with E-state index in [0.29, 0.717) is 5.56 Å². The third-order valence-electron chi connectivity index (χ3n) is 3.71. The molecule has 0 radical (unpaired) electrons. The Bertz CT molecular complexity index is 991. The van der Waals surface area contributed by atoms with Crippen molar-refractivity contribution >= 4 is 67.5 Å². The highest BCUT2D eigenvalue weighted by atomic mass is 80.0. The van der Waals surface area contributed by atoms with E-state index in [2.05, 4.69) is 47.8 Å². The van der Waals surface area contributed by atoms with Gasteiger partial charge in [-0.2, -0.15) is 0 Å². The minimum atomic E-state index is -3.90. The van der Waals surface area contributed by atoms with Crippen LogP contribution in [0.25, 0.3) is 0 Å². The van der Waals surface area contributed by atoms with E-state index < -0.39 is 21.1 Å². The monoisotopic (exact) mass is 572 g/mol. The zero-order chi connectivity index (χ0) is 19.0. The predicted octanol–water partition coefficient (Wildman–Crippen LogP) is 4.96. The molecule has 0 saturated carbocycles. The van der Waals surface area contributed by atoms with Gasteiger partial charge >= 0.3 is 0 Å². The van der Waals surface area contributed by atoms with Gasteiger partial charge in [0.05, 0.1) is 14.7 Å². The highest BCUT2D eigenvalue weighted by molar-refractivity contribution is 9.42. The molecule has 0 fully saturated rings. The van der Waals surface area contributed by atoms with Crippen LogP contribution in [-0.4, -0.2) is 18.3 Å². The van der Waals surface area contributed by atoms with Gasteiger partial charge in [-0.1, -0.05) is 25.1 Å². The SMILES string of the molecule is CCc1ccc(S(=O)(=O)c2ccc(C)c(S(=O)(=O)C(Br)(Br)Br)c2)cc1. The first-order chi connectivity index (χ1) is 11.4. The second kappa shape index (κ2) is 7.42. The first kappa shape index (κ1) is 21.1. The summed E-state index contributed by atoms with van der Waals surface area (Å²) in [6.07, 6.45) is 0.803. The average molecular weight is 575 g/mol. The Balaban J connectivity index is 2.62. The number of alkyl halides is 3. The van der Waals surface area contributed by atoms with Crippen molar-refractivity contribution in [2.45, 2.75) is 36.4 Å². The summed E-state index contributed by atoms with van der Waals surface area (Å²) in [5, 5.41) is 0. The molecule has 9 heteroatoms. The number of hydrogen-bond donors (Lipinski definition) is 0. The Labute approximate surface area is 173 Å². The summed E-state index contributed by atoms with van der Waals surface area (Å²) in [5.41, 5.74) is 1.47. The van der Waals surface area contributed by atoms with E-state index in [1.54, 1.807) is 19.1 Å². The summed E-state index contributed by atoms with van der Waals surface area (Å²) in [6, 6.07) is 10.7. The smallest absolute Gasteiger partial charge is 0.220 e. The molecule has 0 aliphatic heterocycles. The Morgan fingerprint density at radius 1 is 0.880 bits per heavy atom. The van der Waals surface area contributed by atoms with E-state index in [4.69, 9.17) is 0 Å². The molecule has 0 bridgehead atoms. The fourth-order valence-corrected chi connectivity index (χ4v) is 6.16. The quantitative estimate of drug-likeness (QED) is 0.484. The first-order valence-corrected chi connectivity index (χ1v) is 12.5. The van der Waals surface area contributed by atoms with E-state index in [9.17, 15) is 16.8 Å². The topological polar surface area (TPSA) is 68.3 Å². The zero-order valence-electron chi connectivity index (χ0n) is 13.3. The van der Waals surface area contributed by atoms with Crippen LogP contribution in [0, 0.1) is 6.92 Å². The lowest BCUT2D eigenvalue weighted by Gasteiger charge is -2.16. The molecule has 0 saturated heterocycles. The normalized spacial score (nSPS) is 13.0. The zero-order valence-corrected chi connectivity index (χ0v) is 19.7. The van der Waals surface area contributed by atoms with E-state index in [1.165, 1.54) is 30.3 Å². The van der Waals surface area contributed by atoms with E-state index in [-0.39, 0.29) is 14.7 Å². The molecule has 0 spiro atoms. The van der Waals surface area contributed by atoms with Crippen LogP contribution < -0.4 is 0 Å². The summed E-state index contributed by atoms with van der Waals surface area (Å²) in [5.74, 6) is 0. The van der Waals surface area contributed by atoms with Gasteiger partial charge in [-0.25, -0.2) is 16.8 Å². The molecule has 2 rings (SSSR count). The van der Waals surface area contributed by atoms with Crippen molar-refractivity contribution in [3.63, 3.8) is 0 Å². The largest absolute Gasteiger partial charge is 0.239 e. The maximum Gasteiger partial charge on any atom is 0.239 e. The number of hydrogen-bond acceptors (Lipinski definition) is 4. The highest BCUT2D eigenvalue weighted by Crippen LogP contribution is 2.44. The van der Waals surface area contributed by atoms with Crippen molar-refractivity contribution in [1.29, 1.82) is 0 Å². The molecular formula is C16H15Br3O4S2. The molecule has 2 aromatic rings. The van der Waals surface area contributed by atoms with Crippen molar-refractivity contribution < 1.29 is 16.8 Å². The highest BCUT2D eigenvalue weighted by Gasteiger charge is 2.39. The van der Waals surface area contributed by atoms with Gasteiger partial charge in [-0.05, 0) is 96.5 Å². The maximum absolute atomic E-state index is 12.8. The molecule has 0 atom stereocenters. The molecule has 0 N–H and O–H groups in total. The van der Waals surface area contributed by atoms with Gasteiger partial charge in [-0.15, -0.1) is 0 Å². The number of halogens is 3. The van der Waals surface area contributed by atoms with Gasteiger partial charge < -0.3 is 0 Å². The summed E-state index contributed by atoms with van der Waals surface area (Å²) in [4.78, 5) is -0.0262. The molecule has 0 heterocycles. The maximum atomic E-state index is 12.8. The molecule has 25 heavy (non-hydrogen) atoms. The van der Waals surface area contributed by atoms with E-state index in [1.807, 2.05) is 6.92 Å². The molecule has 0 amide bonds. The lowest BCUT2D eigenvalue weighted by molar-refractivity contribution is 0.594. The van der Waals surface area contributed by atoms with E-state index >= 15 is 0 Å². The number of benzene rings is 2. The van der Waals surface area contributed by atoms with Crippen molar-refractivity contribution in [3.8, 4) is 0 Å². The second-order valence-corrected chi connectivity index (χ2v) is 17.7. The summed E-state index contributed by atoms with van der Waals surface area (Å²) in [7, 11) is -7.72. The summed E-state index contributed by atoms with van der Waals surface area (Å²) >= 11 is 9.01. The Morgan fingerprint density at radius 2 is 1.40 bits per heavy atom. The average Bonchev–Trinajstić information content (AvgIpc) is 2.53. The van der Waals surface area contributed by atoms with E-state index in [0.717, 1.165) is 12.0 Å². The molecule has 4 nitrogen and oxygen atoms in total. The van der Waals surface area contributed by atoms with Crippen LogP contribution >= 0.6 is 47.8 Å². The fraction of sp³-hybridized carbons (Fsp3) is 0.250. The van der Waals surface area contributed by atoms with Crippen LogP contribution in [-0.2, 0) is 26.1 Å². The first-order valence-electron chi connectivity index (χ1n) is 7.17. The molecule has 0 aliphatic carbocycles. The third kappa shape index (κ3) is 4.21. The lowest BCUT2D eigenvalue weighted by atomic mass is 10.2. The van der Waals surface area contributed by atoms with Crippen molar-refractivity contribution in [3.05, 3.63) is 53.6 Å². The molecular weight excluding hydrogens is 560 g/mol.